The number of hydrogen-bond acceptors (Lipinski definition) is 6. The van der Waals surface area contributed by atoms with Crippen molar-refractivity contribution in [2.24, 2.45) is 0 Å². The van der Waals surface area contributed by atoms with Crippen LogP contribution < -0.4 is 10.2 Å². The first-order valence-corrected chi connectivity index (χ1v) is 13.0. The molecule has 2 fully saturated rings. The number of benzene rings is 3. The number of nitrogens with zero attached hydrogens (tertiary/aromatic N) is 3. The van der Waals surface area contributed by atoms with Gasteiger partial charge in [-0.25, -0.2) is 4.39 Å². The molecule has 2 aliphatic rings. The van der Waals surface area contributed by atoms with Crippen molar-refractivity contribution in [1.29, 1.82) is 5.26 Å². The normalized spacial score (nSPS) is 19.6. The van der Waals surface area contributed by atoms with E-state index in [4.69, 9.17) is 9.72 Å². The zero-order valence-electron chi connectivity index (χ0n) is 21.2. The van der Waals surface area contributed by atoms with Gasteiger partial charge in [0.05, 0.1) is 22.9 Å². The SMILES string of the molecule is Cc1cc(F)cc(-c2cnc3ccc(-c4cccc(C#N)c4O)cc3c2N2CC[C@H]3NCCCO[C@@H]3C2)c1. The lowest BCUT2D eigenvalue weighted by atomic mass is 9.94. The molecule has 2 N–H and O–H groups in total. The van der Waals surface area contributed by atoms with E-state index in [0.717, 1.165) is 71.4 Å². The molecule has 4 aromatic rings. The number of aryl methyl sites for hydroxylation is 1. The Morgan fingerprint density at radius 1 is 1.13 bits per heavy atom. The van der Waals surface area contributed by atoms with Crippen LogP contribution in [0.1, 0.15) is 24.0 Å². The van der Waals surface area contributed by atoms with Gasteiger partial charge in [0, 0.05) is 48.4 Å². The van der Waals surface area contributed by atoms with Crippen LogP contribution in [0.2, 0.25) is 0 Å². The molecular formula is C31H29FN4O2. The molecule has 0 amide bonds. The van der Waals surface area contributed by atoms with Crippen LogP contribution in [0.4, 0.5) is 10.1 Å². The van der Waals surface area contributed by atoms with Crippen LogP contribution in [-0.2, 0) is 4.74 Å². The summed E-state index contributed by atoms with van der Waals surface area (Å²) in [4.78, 5) is 7.09. The summed E-state index contributed by atoms with van der Waals surface area (Å²) < 4.78 is 20.8. The highest BCUT2D eigenvalue weighted by atomic mass is 19.1. The maximum absolute atomic E-state index is 14.6. The number of rotatable bonds is 3. The summed E-state index contributed by atoms with van der Waals surface area (Å²) in [5, 5.41) is 24.7. The van der Waals surface area contributed by atoms with E-state index in [1.807, 2.05) is 37.4 Å². The number of ether oxygens (including phenoxy) is 1. The zero-order chi connectivity index (χ0) is 26.2. The van der Waals surface area contributed by atoms with Crippen molar-refractivity contribution >= 4 is 16.6 Å². The van der Waals surface area contributed by atoms with Crippen molar-refractivity contribution in [2.75, 3.05) is 31.1 Å². The van der Waals surface area contributed by atoms with Gasteiger partial charge in [0.1, 0.15) is 17.6 Å². The van der Waals surface area contributed by atoms with Crippen molar-refractivity contribution in [3.8, 4) is 34.1 Å². The van der Waals surface area contributed by atoms with E-state index in [9.17, 15) is 14.8 Å². The Morgan fingerprint density at radius 3 is 2.87 bits per heavy atom. The molecule has 6 rings (SSSR count). The second kappa shape index (κ2) is 10.1. The highest BCUT2D eigenvalue weighted by molar-refractivity contribution is 6.02. The predicted molar refractivity (Wildman–Crippen MR) is 147 cm³/mol. The minimum atomic E-state index is -0.284. The zero-order valence-corrected chi connectivity index (χ0v) is 21.2. The molecule has 0 radical (unpaired) electrons. The number of nitriles is 1. The standard InChI is InChI=1S/C31H29FN4O2/c1-19-12-22(14-23(32)13-19)26-17-35-27-7-6-20(24-5-2-4-21(16-33)31(24)37)15-25(27)30(26)36-10-8-28-29(18-36)38-11-3-9-34-28/h2,4-7,12-15,17,28-29,34,37H,3,8-11,18H2,1H3/t28-,29-/m1/s1. The lowest BCUT2D eigenvalue weighted by Gasteiger charge is -2.40. The predicted octanol–water partition coefficient (Wildman–Crippen LogP) is 5.55. The highest BCUT2D eigenvalue weighted by Crippen LogP contribution is 2.41. The molecule has 0 saturated carbocycles. The number of fused-ring (bicyclic) bond motifs is 2. The molecule has 2 saturated heterocycles. The molecule has 7 heteroatoms. The number of phenolic OH excluding ortho intramolecular Hbond substituents is 1. The van der Waals surface area contributed by atoms with Gasteiger partial charge in [0.2, 0.25) is 0 Å². The van der Waals surface area contributed by atoms with E-state index in [0.29, 0.717) is 18.2 Å². The lowest BCUT2D eigenvalue weighted by molar-refractivity contribution is 0.0377. The van der Waals surface area contributed by atoms with Gasteiger partial charge in [-0.1, -0.05) is 24.3 Å². The van der Waals surface area contributed by atoms with Crippen LogP contribution in [0.15, 0.2) is 60.8 Å². The first-order valence-electron chi connectivity index (χ1n) is 13.0. The maximum atomic E-state index is 14.6. The van der Waals surface area contributed by atoms with E-state index in [-0.39, 0.29) is 23.2 Å². The Labute approximate surface area is 221 Å². The number of para-hydroxylation sites is 1. The molecule has 0 unspecified atom stereocenters. The molecule has 192 valence electrons. The van der Waals surface area contributed by atoms with Crippen LogP contribution in [0.25, 0.3) is 33.2 Å². The number of pyridine rings is 1. The Balaban J connectivity index is 1.55. The van der Waals surface area contributed by atoms with Gasteiger partial charge >= 0.3 is 0 Å². The fourth-order valence-corrected chi connectivity index (χ4v) is 5.77. The number of nitrogens with one attached hydrogen (secondary N) is 1. The van der Waals surface area contributed by atoms with Crippen LogP contribution >= 0.6 is 0 Å². The summed E-state index contributed by atoms with van der Waals surface area (Å²) in [6.07, 6.45) is 3.81. The molecule has 2 aliphatic heterocycles. The second-order valence-corrected chi connectivity index (χ2v) is 10.1. The number of aromatic hydroxyl groups is 1. The van der Waals surface area contributed by atoms with Gasteiger partial charge in [0.25, 0.3) is 0 Å². The molecule has 6 nitrogen and oxygen atoms in total. The third-order valence-corrected chi connectivity index (χ3v) is 7.60. The number of hydrogen-bond donors (Lipinski definition) is 2. The fourth-order valence-electron chi connectivity index (χ4n) is 5.77. The third kappa shape index (κ3) is 4.47. The summed E-state index contributed by atoms with van der Waals surface area (Å²) in [6, 6.07) is 18.5. The number of anilines is 1. The largest absolute Gasteiger partial charge is 0.506 e. The van der Waals surface area contributed by atoms with E-state index in [1.165, 1.54) is 6.07 Å². The molecule has 3 heterocycles. The Hall–Kier alpha value is -3.99. The van der Waals surface area contributed by atoms with Gasteiger partial charge in [-0.15, -0.1) is 0 Å². The highest BCUT2D eigenvalue weighted by Gasteiger charge is 2.33. The number of aromatic nitrogens is 1. The van der Waals surface area contributed by atoms with Gasteiger partial charge < -0.3 is 20.1 Å². The molecular weight excluding hydrogens is 479 g/mol. The van der Waals surface area contributed by atoms with E-state index < -0.39 is 0 Å². The first-order chi connectivity index (χ1) is 18.5. The minimum absolute atomic E-state index is 0.0421. The van der Waals surface area contributed by atoms with Crippen LogP contribution in [0.5, 0.6) is 5.75 Å². The van der Waals surface area contributed by atoms with E-state index in [2.05, 4.69) is 16.3 Å². The third-order valence-electron chi connectivity index (χ3n) is 7.60. The van der Waals surface area contributed by atoms with Gasteiger partial charge in [-0.05, 0) is 73.3 Å². The molecule has 1 aromatic heterocycles. The van der Waals surface area contributed by atoms with Gasteiger partial charge in [-0.3, -0.25) is 4.98 Å². The van der Waals surface area contributed by atoms with Crippen molar-refractivity contribution in [1.82, 2.24) is 10.3 Å². The minimum Gasteiger partial charge on any atom is -0.506 e. The average molecular weight is 509 g/mol. The quantitative estimate of drug-likeness (QED) is 0.378. The number of piperidine rings is 1. The van der Waals surface area contributed by atoms with Crippen molar-refractivity contribution in [2.45, 2.75) is 31.9 Å². The molecule has 3 aromatic carbocycles. The van der Waals surface area contributed by atoms with E-state index in [1.54, 1.807) is 24.3 Å². The molecule has 0 spiro atoms. The van der Waals surface area contributed by atoms with Crippen LogP contribution in [0.3, 0.4) is 0 Å². The second-order valence-electron chi connectivity index (χ2n) is 10.1. The summed E-state index contributed by atoms with van der Waals surface area (Å²) >= 11 is 0. The summed E-state index contributed by atoms with van der Waals surface area (Å²) in [7, 11) is 0. The first kappa shape index (κ1) is 24.4. The van der Waals surface area contributed by atoms with Crippen molar-refractivity contribution in [3.63, 3.8) is 0 Å². The monoisotopic (exact) mass is 508 g/mol. The maximum Gasteiger partial charge on any atom is 0.141 e. The summed E-state index contributed by atoms with van der Waals surface area (Å²) in [5.41, 5.74) is 5.84. The van der Waals surface area contributed by atoms with Crippen molar-refractivity contribution < 1.29 is 14.2 Å². The topological polar surface area (TPSA) is 81.4 Å². The summed E-state index contributed by atoms with van der Waals surface area (Å²) in [6.45, 7) is 5.10. The lowest BCUT2D eigenvalue weighted by Crippen LogP contribution is -2.53. The van der Waals surface area contributed by atoms with Gasteiger partial charge in [0.15, 0.2) is 0 Å². The summed E-state index contributed by atoms with van der Waals surface area (Å²) in [5.74, 6) is -0.326. The van der Waals surface area contributed by atoms with E-state index >= 15 is 0 Å². The smallest absolute Gasteiger partial charge is 0.141 e. The average Bonchev–Trinajstić information content (AvgIpc) is 3.17. The van der Waals surface area contributed by atoms with Crippen LogP contribution in [0, 0.1) is 24.1 Å². The van der Waals surface area contributed by atoms with Crippen molar-refractivity contribution in [3.05, 3.63) is 77.7 Å². The molecule has 0 aliphatic carbocycles. The number of phenols is 1. The molecule has 2 atom stereocenters. The number of halogens is 1. The van der Waals surface area contributed by atoms with Crippen LogP contribution in [-0.4, -0.2) is 48.5 Å². The fraction of sp³-hybridized carbons (Fsp3) is 0.290. The molecule has 0 bridgehead atoms. The Morgan fingerprint density at radius 2 is 2.03 bits per heavy atom. The van der Waals surface area contributed by atoms with Gasteiger partial charge in [-0.2, -0.15) is 5.26 Å². The molecule has 38 heavy (non-hydrogen) atoms. The Bertz CT molecular complexity index is 1540. The Kier molecular flexibility index (Phi) is 6.44.